The number of pyridine rings is 1. The van der Waals surface area contributed by atoms with Crippen molar-refractivity contribution in [3.8, 4) is 0 Å². The summed E-state index contributed by atoms with van der Waals surface area (Å²) >= 11 is 0. The number of aromatic nitrogens is 1. The van der Waals surface area contributed by atoms with E-state index >= 15 is 0 Å². The number of rotatable bonds is 4. The van der Waals surface area contributed by atoms with Crippen LogP contribution in [0.15, 0.2) is 60.8 Å². The Morgan fingerprint density at radius 1 is 1.23 bits per heavy atom. The molecule has 30 heavy (non-hydrogen) atoms. The second-order valence-corrected chi connectivity index (χ2v) is 7.75. The van der Waals surface area contributed by atoms with E-state index in [4.69, 9.17) is 5.73 Å². The molecule has 3 aromatic rings. The van der Waals surface area contributed by atoms with Crippen LogP contribution >= 0.6 is 0 Å². The van der Waals surface area contributed by atoms with Crippen LogP contribution in [0.2, 0.25) is 0 Å². The Kier molecular flexibility index (Phi) is 5.77. The second kappa shape index (κ2) is 8.63. The Morgan fingerprint density at radius 2 is 2.03 bits per heavy atom. The summed E-state index contributed by atoms with van der Waals surface area (Å²) in [7, 11) is 0. The molecule has 0 aliphatic carbocycles. The van der Waals surface area contributed by atoms with Crippen molar-refractivity contribution >= 4 is 28.6 Å². The molecule has 2 aromatic carbocycles. The topological polar surface area (TPSA) is 62.5 Å². The lowest BCUT2D eigenvalue weighted by atomic mass is 10.1. The molecule has 2 heterocycles. The minimum Gasteiger partial charge on any atom is -0.398 e. The van der Waals surface area contributed by atoms with Crippen molar-refractivity contribution in [2.24, 2.45) is 0 Å². The number of nitrogen functional groups attached to an aromatic ring is 1. The summed E-state index contributed by atoms with van der Waals surface area (Å²) < 4.78 is 13.1. The predicted molar refractivity (Wildman–Crippen MR) is 118 cm³/mol. The van der Waals surface area contributed by atoms with Gasteiger partial charge in [-0.2, -0.15) is 0 Å². The fourth-order valence-electron chi connectivity index (χ4n) is 3.91. The third kappa shape index (κ3) is 4.49. The van der Waals surface area contributed by atoms with Crippen LogP contribution in [-0.4, -0.2) is 46.4 Å². The lowest BCUT2D eigenvalue weighted by molar-refractivity contribution is -0.130. The van der Waals surface area contributed by atoms with Gasteiger partial charge in [-0.05, 0) is 54.5 Å². The minimum absolute atomic E-state index is 0.0237. The molecule has 6 heteroatoms. The zero-order chi connectivity index (χ0) is 21.1. The lowest BCUT2D eigenvalue weighted by Crippen LogP contribution is -2.53. The fraction of sp³-hybridized carbons (Fsp3) is 0.250. The summed E-state index contributed by atoms with van der Waals surface area (Å²) in [5.74, 6) is -0.249. The molecule has 1 atom stereocenters. The number of amides is 1. The maximum atomic E-state index is 13.1. The molecule has 4 rings (SSSR count). The molecule has 0 saturated carbocycles. The average Bonchev–Trinajstić information content (AvgIpc) is 2.74. The van der Waals surface area contributed by atoms with Gasteiger partial charge in [0, 0.05) is 55.6 Å². The number of hydrogen-bond acceptors (Lipinski definition) is 4. The number of carbonyl (C=O) groups is 1. The van der Waals surface area contributed by atoms with Gasteiger partial charge in [0.15, 0.2) is 0 Å². The molecule has 1 saturated heterocycles. The van der Waals surface area contributed by atoms with E-state index in [2.05, 4.69) is 16.8 Å². The quantitative estimate of drug-likeness (QED) is 0.532. The van der Waals surface area contributed by atoms with Gasteiger partial charge in [0.1, 0.15) is 5.82 Å². The van der Waals surface area contributed by atoms with Crippen molar-refractivity contribution in [2.75, 3.05) is 25.4 Å². The van der Waals surface area contributed by atoms with E-state index < -0.39 is 0 Å². The summed E-state index contributed by atoms with van der Waals surface area (Å²) in [6.45, 7) is 5.02. The average molecular weight is 404 g/mol. The normalized spacial score (nSPS) is 17.7. The number of benzene rings is 2. The van der Waals surface area contributed by atoms with E-state index in [1.54, 1.807) is 18.3 Å². The first-order chi connectivity index (χ1) is 14.5. The molecular formula is C24H25FN4O. The second-order valence-electron chi connectivity index (χ2n) is 7.75. The zero-order valence-corrected chi connectivity index (χ0v) is 17.0. The van der Waals surface area contributed by atoms with Crippen LogP contribution in [-0.2, 0) is 11.3 Å². The number of halogens is 1. The standard InChI is InChI=1S/C24H25FN4O/c1-17-15-28(16-18-4-7-21(25)8-5-18)11-12-29(17)24(30)9-6-19-14-23-20(13-22(19)26)3-2-10-27-23/h2-10,13-14,17H,11-12,15-16,26H2,1H3/b9-6+/t17-/m1/s1. The molecule has 1 aliphatic heterocycles. The van der Waals surface area contributed by atoms with Gasteiger partial charge in [-0.15, -0.1) is 0 Å². The van der Waals surface area contributed by atoms with E-state index in [1.165, 1.54) is 12.1 Å². The van der Waals surface area contributed by atoms with Crippen LogP contribution in [0.4, 0.5) is 10.1 Å². The molecule has 1 aromatic heterocycles. The van der Waals surface area contributed by atoms with Crippen molar-refractivity contribution < 1.29 is 9.18 Å². The molecule has 1 aliphatic rings. The summed E-state index contributed by atoms with van der Waals surface area (Å²) in [6, 6.07) is 14.3. The molecule has 0 radical (unpaired) electrons. The summed E-state index contributed by atoms with van der Waals surface area (Å²) in [6.07, 6.45) is 5.10. The molecule has 0 spiro atoms. The van der Waals surface area contributed by atoms with Crippen molar-refractivity contribution in [3.05, 3.63) is 77.7 Å². The first-order valence-corrected chi connectivity index (χ1v) is 10.1. The van der Waals surface area contributed by atoms with Crippen LogP contribution in [0.3, 0.4) is 0 Å². The number of fused-ring (bicyclic) bond motifs is 1. The molecule has 1 amide bonds. The number of carbonyl (C=O) groups excluding carboxylic acids is 1. The van der Waals surface area contributed by atoms with E-state index in [9.17, 15) is 9.18 Å². The Hall–Kier alpha value is -3.25. The Balaban J connectivity index is 1.39. The van der Waals surface area contributed by atoms with Gasteiger partial charge in [-0.3, -0.25) is 14.7 Å². The van der Waals surface area contributed by atoms with Gasteiger partial charge in [0.25, 0.3) is 0 Å². The highest BCUT2D eigenvalue weighted by molar-refractivity contribution is 5.94. The van der Waals surface area contributed by atoms with E-state index in [0.29, 0.717) is 12.2 Å². The molecule has 0 unspecified atom stereocenters. The summed E-state index contributed by atoms with van der Waals surface area (Å²) in [5, 5.41) is 0.976. The van der Waals surface area contributed by atoms with Crippen molar-refractivity contribution in [3.63, 3.8) is 0 Å². The molecule has 0 bridgehead atoms. The first-order valence-electron chi connectivity index (χ1n) is 10.1. The van der Waals surface area contributed by atoms with E-state index in [-0.39, 0.29) is 17.8 Å². The van der Waals surface area contributed by atoms with Crippen molar-refractivity contribution in [2.45, 2.75) is 19.5 Å². The highest BCUT2D eigenvalue weighted by Crippen LogP contribution is 2.22. The van der Waals surface area contributed by atoms with Gasteiger partial charge in [0.2, 0.25) is 5.91 Å². The highest BCUT2D eigenvalue weighted by Gasteiger charge is 2.26. The Labute approximate surface area is 175 Å². The van der Waals surface area contributed by atoms with Crippen molar-refractivity contribution in [1.82, 2.24) is 14.8 Å². The van der Waals surface area contributed by atoms with Gasteiger partial charge in [-0.1, -0.05) is 18.2 Å². The van der Waals surface area contributed by atoms with Gasteiger partial charge in [-0.25, -0.2) is 4.39 Å². The molecule has 154 valence electrons. The van der Waals surface area contributed by atoms with Crippen LogP contribution in [0.25, 0.3) is 17.0 Å². The molecule has 1 fully saturated rings. The minimum atomic E-state index is -0.225. The largest absolute Gasteiger partial charge is 0.398 e. The van der Waals surface area contributed by atoms with Gasteiger partial charge in [0.05, 0.1) is 5.52 Å². The SMILES string of the molecule is C[C@@H]1CN(Cc2ccc(F)cc2)CCN1C(=O)/C=C/c1cc2ncccc2cc1N. The number of nitrogens with zero attached hydrogens (tertiary/aromatic N) is 3. The maximum Gasteiger partial charge on any atom is 0.246 e. The number of anilines is 1. The predicted octanol–water partition coefficient (Wildman–Crippen LogP) is 3.70. The zero-order valence-electron chi connectivity index (χ0n) is 17.0. The monoisotopic (exact) mass is 404 g/mol. The number of nitrogens with two attached hydrogens (primary N) is 1. The van der Waals surface area contributed by atoms with Gasteiger partial charge >= 0.3 is 0 Å². The summed E-state index contributed by atoms with van der Waals surface area (Å²) in [4.78, 5) is 21.3. The lowest BCUT2D eigenvalue weighted by Gasteiger charge is -2.39. The Morgan fingerprint density at radius 3 is 2.80 bits per heavy atom. The van der Waals surface area contributed by atoms with E-state index in [1.807, 2.05) is 41.3 Å². The van der Waals surface area contributed by atoms with Gasteiger partial charge < -0.3 is 10.6 Å². The molecule has 5 nitrogen and oxygen atoms in total. The third-order valence-corrected chi connectivity index (χ3v) is 5.53. The number of piperazine rings is 1. The highest BCUT2D eigenvalue weighted by atomic mass is 19.1. The molecular weight excluding hydrogens is 379 g/mol. The van der Waals surface area contributed by atoms with Crippen LogP contribution < -0.4 is 5.73 Å². The third-order valence-electron chi connectivity index (χ3n) is 5.53. The first kappa shape index (κ1) is 20.0. The maximum absolute atomic E-state index is 13.1. The van der Waals surface area contributed by atoms with Crippen LogP contribution in [0.5, 0.6) is 0 Å². The summed E-state index contributed by atoms with van der Waals surface area (Å²) in [5.41, 5.74) is 9.48. The van der Waals surface area contributed by atoms with Crippen molar-refractivity contribution in [1.29, 1.82) is 0 Å². The fourth-order valence-corrected chi connectivity index (χ4v) is 3.91. The van der Waals surface area contributed by atoms with Crippen LogP contribution in [0.1, 0.15) is 18.1 Å². The van der Waals surface area contributed by atoms with Crippen LogP contribution in [0, 0.1) is 5.82 Å². The molecule has 2 N–H and O–H groups in total. The van der Waals surface area contributed by atoms with E-state index in [0.717, 1.165) is 41.7 Å². The number of hydrogen-bond donors (Lipinski definition) is 1. The Bertz CT molecular complexity index is 1080. The smallest absolute Gasteiger partial charge is 0.246 e.